The number of fused-ring (bicyclic) bond motifs is 1. The van der Waals surface area contributed by atoms with Gasteiger partial charge in [-0.25, -0.2) is 0 Å². The Morgan fingerprint density at radius 1 is 1.05 bits per heavy atom. The van der Waals surface area contributed by atoms with Crippen molar-refractivity contribution in [3.05, 3.63) is 34.9 Å². The molecule has 0 aliphatic heterocycles. The number of aliphatic hydroxyl groups excluding tert-OH is 1. The van der Waals surface area contributed by atoms with Crippen molar-refractivity contribution in [3.8, 4) is 0 Å². The summed E-state index contributed by atoms with van der Waals surface area (Å²) in [6.45, 7) is 0. The van der Waals surface area contributed by atoms with Crippen LogP contribution in [0, 0.1) is 17.8 Å². The molecule has 2 heteroatoms. The molecule has 0 radical (unpaired) electrons. The Balaban J connectivity index is 1.69. The van der Waals surface area contributed by atoms with Crippen molar-refractivity contribution >= 4 is 11.6 Å². The summed E-state index contributed by atoms with van der Waals surface area (Å²) < 4.78 is 0. The van der Waals surface area contributed by atoms with Gasteiger partial charge in [0.1, 0.15) is 0 Å². The highest BCUT2D eigenvalue weighted by Crippen LogP contribution is 2.46. The van der Waals surface area contributed by atoms with E-state index in [9.17, 15) is 5.11 Å². The van der Waals surface area contributed by atoms with Gasteiger partial charge in [-0.05, 0) is 54.7 Å². The largest absolute Gasteiger partial charge is 0.388 e. The van der Waals surface area contributed by atoms with Gasteiger partial charge in [-0.1, -0.05) is 49.4 Å². The monoisotopic (exact) mass is 278 g/mol. The molecule has 0 spiro atoms. The summed E-state index contributed by atoms with van der Waals surface area (Å²) in [5, 5.41) is 11.3. The van der Waals surface area contributed by atoms with Gasteiger partial charge in [-0.2, -0.15) is 0 Å². The van der Waals surface area contributed by atoms with E-state index in [0.29, 0.717) is 5.92 Å². The van der Waals surface area contributed by atoms with Gasteiger partial charge in [0.2, 0.25) is 0 Å². The Morgan fingerprint density at radius 3 is 2.63 bits per heavy atom. The zero-order valence-electron chi connectivity index (χ0n) is 11.4. The molecule has 19 heavy (non-hydrogen) atoms. The smallest absolute Gasteiger partial charge is 0.0818 e. The molecule has 4 unspecified atom stereocenters. The number of rotatable bonds is 2. The van der Waals surface area contributed by atoms with E-state index in [2.05, 4.69) is 0 Å². The van der Waals surface area contributed by atoms with Gasteiger partial charge >= 0.3 is 0 Å². The van der Waals surface area contributed by atoms with E-state index < -0.39 is 0 Å². The quantitative estimate of drug-likeness (QED) is 0.809. The number of hydrogen-bond donors (Lipinski definition) is 1. The summed E-state index contributed by atoms with van der Waals surface area (Å²) in [6, 6.07) is 7.73. The highest BCUT2D eigenvalue weighted by Gasteiger charge is 2.35. The van der Waals surface area contributed by atoms with Crippen molar-refractivity contribution in [2.75, 3.05) is 0 Å². The highest BCUT2D eigenvalue weighted by molar-refractivity contribution is 6.30. The molecule has 104 valence electrons. The minimum absolute atomic E-state index is 0.332. The SMILES string of the molecule is OC(c1cccc(Cl)c1)C1CCC2CCCCC2C1. The minimum atomic E-state index is -0.332. The second kappa shape index (κ2) is 5.85. The Kier molecular flexibility index (Phi) is 4.14. The topological polar surface area (TPSA) is 20.2 Å². The van der Waals surface area contributed by atoms with Crippen LogP contribution in [0.2, 0.25) is 5.02 Å². The zero-order valence-corrected chi connectivity index (χ0v) is 12.1. The Bertz CT molecular complexity index is 431. The third-order valence-corrected chi connectivity index (χ3v) is 5.45. The second-order valence-electron chi connectivity index (χ2n) is 6.38. The molecule has 1 N–H and O–H groups in total. The first-order valence-corrected chi connectivity index (χ1v) is 8.05. The van der Waals surface area contributed by atoms with Crippen LogP contribution >= 0.6 is 11.6 Å². The van der Waals surface area contributed by atoms with Crippen LogP contribution in [-0.4, -0.2) is 5.11 Å². The van der Waals surface area contributed by atoms with Gasteiger partial charge in [0.05, 0.1) is 6.10 Å². The van der Waals surface area contributed by atoms with Crippen LogP contribution < -0.4 is 0 Å². The third-order valence-electron chi connectivity index (χ3n) is 5.22. The van der Waals surface area contributed by atoms with Gasteiger partial charge < -0.3 is 5.11 Å². The predicted molar refractivity (Wildman–Crippen MR) is 79.2 cm³/mol. The van der Waals surface area contributed by atoms with Gasteiger partial charge in [0.15, 0.2) is 0 Å². The van der Waals surface area contributed by atoms with Crippen LogP contribution in [0.25, 0.3) is 0 Å². The fourth-order valence-electron chi connectivity index (χ4n) is 4.16. The second-order valence-corrected chi connectivity index (χ2v) is 6.81. The van der Waals surface area contributed by atoms with Crippen molar-refractivity contribution in [1.82, 2.24) is 0 Å². The maximum Gasteiger partial charge on any atom is 0.0818 e. The van der Waals surface area contributed by atoms with Crippen LogP contribution in [0.4, 0.5) is 0 Å². The molecular weight excluding hydrogens is 256 g/mol. The van der Waals surface area contributed by atoms with E-state index >= 15 is 0 Å². The minimum Gasteiger partial charge on any atom is -0.388 e. The molecule has 2 aliphatic rings. The number of aliphatic hydroxyl groups is 1. The first kappa shape index (κ1) is 13.5. The van der Waals surface area contributed by atoms with Crippen molar-refractivity contribution < 1.29 is 5.11 Å². The van der Waals surface area contributed by atoms with Crippen molar-refractivity contribution in [3.63, 3.8) is 0 Å². The summed E-state index contributed by atoms with van der Waals surface area (Å²) >= 11 is 6.03. The molecule has 0 heterocycles. The standard InChI is InChI=1S/C17H23ClO/c18-16-7-3-6-14(11-16)17(19)15-9-8-12-4-1-2-5-13(12)10-15/h3,6-7,11-13,15,17,19H,1-2,4-5,8-10H2. The Labute approximate surface area is 121 Å². The molecular formula is C17H23ClO. The summed E-state index contributed by atoms with van der Waals surface area (Å²) in [5.74, 6) is 2.23. The highest BCUT2D eigenvalue weighted by atomic mass is 35.5. The van der Waals surface area contributed by atoms with E-state index in [1.807, 2.05) is 24.3 Å². The molecule has 1 aromatic carbocycles. The van der Waals surface area contributed by atoms with Crippen LogP contribution in [0.1, 0.15) is 56.6 Å². The van der Waals surface area contributed by atoms with E-state index in [-0.39, 0.29) is 6.10 Å². The maximum absolute atomic E-state index is 10.6. The average molecular weight is 279 g/mol. The number of benzene rings is 1. The summed E-state index contributed by atoms with van der Waals surface area (Å²) in [6.07, 6.45) is 8.97. The molecule has 1 nitrogen and oxygen atoms in total. The molecule has 3 rings (SSSR count). The zero-order chi connectivity index (χ0) is 13.2. The van der Waals surface area contributed by atoms with Crippen LogP contribution in [0.5, 0.6) is 0 Å². The first-order valence-electron chi connectivity index (χ1n) is 7.67. The molecule has 2 aliphatic carbocycles. The fourth-order valence-corrected chi connectivity index (χ4v) is 4.36. The van der Waals surface area contributed by atoms with Crippen LogP contribution in [-0.2, 0) is 0 Å². The van der Waals surface area contributed by atoms with E-state index in [0.717, 1.165) is 22.4 Å². The lowest BCUT2D eigenvalue weighted by Gasteiger charge is -2.40. The van der Waals surface area contributed by atoms with Crippen LogP contribution in [0.15, 0.2) is 24.3 Å². The number of halogens is 1. The van der Waals surface area contributed by atoms with Gasteiger partial charge in [-0.3, -0.25) is 0 Å². The first-order chi connectivity index (χ1) is 9.24. The lowest BCUT2D eigenvalue weighted by molar-refractivity contribution is 0.0349. The average Bonchev–Trinajstić information content (AvgIpc) is 2.46. The molecule has 0 saturated heterocycles. The van der Waals surface area contributed by atoms with E-state index in [1.165, 1.54) is 44.9 Å². The fraction of sp³-hybridized carbons (Fsp3) is 0.647. The predicted octanol–water partition coefficient (Wildman–Crippen LogP) is 4.98. The summed E-state index contributed by atoms with van der Waals surface area (Å²) in [5.41, 5.74) is 0.992. The van der Waals surface area contributed by atoms with Gasteiger partial charge in [0.25, 0.3) is 0 Å². The maximum atomic E-state index is 10.6. The molecule has 4 atom stereocenters. The molecule has 0 aromatic heterocycles. The third kappa shape index (κ3) is 2.98. The summed E-state index contributed by atoms with van der Waals surface area (Å²) in [4.78, 5) is 0. The molecule has 2 fully saturated rings. The van der Waals surface area contributed by atoms with E-state index in [1.54, 1.807) is 0 Å². The Hall–Kier alpha value is -0.530. The van der Waals surface area contributed by atoms with Gasteiger partial charge in [0, 0.05) is 5.02 Å². The van der Waals surface area contributed by atoms with Crippen molar-refractivity contribution in [2.45, 2.75) is 51.0 Å². The lowest BCUT2D eigenvalue weighted by atomic mass is 9.66. The van der Waals surface area contributed by atoms with Crippen molar-refractivity contribution in [1.29, 1.82) is 0 Å². The summed E-state index contributed by atoms with van der Waals surface area (Å²) in [7, 11) is 0. The lowest BCUT2D eigenvalue weighted by Crippen LogP contribution is -2.30. The molecule has 2 saturated carbocycles. The number of hydrogen-bond acceptors (Lipinski definition) is 1. The van der Waals surface area contributed by atoms with Gasteiger partial charge in [-0.15, -0.1) is 0 Å². The molecule has 1 aromatic rings. The normalized spacial score (nSPS) is 32.6. The Morgan fingerprint density at radius 2 is 1.84 bits per heavy atom. The molecule has 0 amide bonds. The van der Waals surface area contributed by atoms with E-state index in [4.69, 9.17) is 11.6 Å². The van der Waals surface area contributed by atoms with Crippen molar-refractivity contribution in [2.24, 2.45) is 17.8 Å². The molecule has 0 bridgehead atoms. The van der Waals surface area contributed by atoms with Crippen LogP contribution in [0.3, 0.4) is 0 Å².